The number of hydrogen-bond donors (Lipinski definition) is 0. The van der Waals surface area contributed by atoms with Crippen LogP contribution in [0.4, 0.5) is 0 Å². The molecule has 146 valence electrons. The van der Waals surface area contributed by atoms with Crippen LogP contribution in [0.3, 0.4) is 0 Å². The minimum absolute atomic E-state index is 0.888. The molecule has 0 spiro atoms. The molecule has 0 bridgehead atoms. The summed E-state index contributed by atoms with van der Waals surface area (Å²) in [6.45, 7) is 0. The summed E-state index contributed by atoms with van der Waals surface area (Å²) in [7, 11) is 0. The van der Waals surface area contributed by atoms with Gasteiger partial charge in [-0.25, -0.2) is 0 Å². The Labute approximate surface area is 186 Å². The van der Waals surface area contributed by atoms with E-state index in [1.54, 1.807) is 0 Å². The average Bonchev–Trinajstić information content (AvgIpc) is 3.35. The molecule has 0 saturated carbocycles. The number of fused-ring (bicyclic) bond motifs is 8. The Morgan fingerprint density at radius 3 is 2.29 bits per heavy atom. The van der Waals surface area contributed by atoms with Gasteiger partial charge in [0.15, 0.2) is 5.58 Å². The van der Waals surface area contributed by atoms with Crippen LogP contribution < -0.4 is 0 Å². The van der Waals surface area contributed by atoms with Gasteiger partial charge in [-0.05, 0) is 57.0 Å². The summed E-state index contributed by atoms with van der Waals surface area (Å²) in [5.74, 6) is 0. The Morgan fingerprint density at radius 2 is 1.39 bits per heavy atom. The van der Waals surface area contributed by atoms with E-state index in [2.05, 4.69) is 105 Å². The number of hydrogen-bond acceptors (Lipinski definition) is 1. The molecule has 3 heteroatoms. The summed E-state index contributed by atoms with van der Waals surface area (Å²) < 4.78 is 9.65. The van der Waals surface area contributed by atoms with Crippen molar-refractivity contribution < 1.29 is 4.42 Å². The van der Waals surface area contributed by atoms with Crippen molar-refractivity contribution in [1.29, 1.82) is 0 Å². The van der Waals surface area contributed by atoms with Gasteiger partial charge in [-0.1, -0.05) is 66.7 Å². The molecular weight excluding hydrogens is 446 g/mol. The maximum absolute atomic E-state index is 6.29. The van der Waals surface area contributed by atoms with Gasteiger partial charge in [0.2, 0.25) is 0 Å². The Morgan fingerprint density at radius 1 is 0.645 bits per heavy atom. The van der Waals surface area contributed by atoms with Crippen LogP contribution in [0.1, 0.15) is 0 Å². The molecule has 5 aromatic carbocycles. The number of benzene rings is 5. The van der Waals surface area contributed by atoms with E-state index in [4.69, 9.17) is 4.42 Å². The van der Waals surface area contributed by atoms with Gasteiger partial charge in [-0.15, -0.1) is 0 Å². The SMILES string of the molecule is Brc1cc2c3ccccc3n(-c3ccc4ccccc4c3)c2c2c1oc1ccccc12. The number of furan rings is 1. The molecule has 7 rings (SSSR count). The van der Waals surface area contributed by atoms with Crippen LogP contribution in [-0.4, -0.2) is 4.57 Å². The van der Waals surface area contributed by atoms with E-state index >= 15 is 0 Å². The molecule has 2 aromatic heterocycles. The van der Waals surface area contributed by atoms with Crippen LogP contribution in [0.25, 0.3) is 60.2 Å². The van der Waals surface area contributed by atoms with Gasteiger partial charge >= 0.3 is 0 Å². The Bertz CT molecular complexity index is 1810. The van der Waals surface area contributed by atoms with Crippen molar-refractivity contribution in [2.45, 2.75) is 0 Å². The first-order chi connectivity index (χ1) is 15.3. The highest BCUT2D eigenvalue weighted by atomic mass is 79.9. The zero-order valence-corrected chi connectivity index (χ0v) is 18.1. The van der Waals surface area contributed by atoms with Crippen LogP contribution in [0, 0.1) is 0 Å². The summed E-state index contributed by atoms with van der Waals surface area (Å²) in [5, 5.41) is 7.20. The largest absolute Gasteiger partial charge is 0.455 e. The number of rotatable bonds is 1. The fourth-order valence-electron chi connectivity index (χ4n) is 4.88. The van der Waals surface area contributed by atoms with Crippen LogP contribution in [0.5, 0.6) is 0 Å². The number of halogens is 1. The van der Waals surface area contributed by atoms with Crippen molar-refractivity contribution in [3.63, 3.8) is 0 Å². The van der Waals surface area contributed by atoms with Crippen molar-refractivity contribution in [3.8, 4) is 5.69 Å². The number of aromatic nitrogens is 1. The van der Waals surface area contributed by atoms with E-state index < -0.39 is 0 Å². The van der Waals surface area contributed by atoms with E-state index in [-0.39, 0.29) is 0 Å². The molecule has 0 amide bonds. The third-order valence-electron chi connectivity index (χ3n) is 6.23. The first-order valence-electron chi connectivity index (χ1n) is 10.3. The lowest BCUT2D eigenvalue weighted by Gasteiger charge is -2.10. The maximum Gasteiger partial charge on any atom is 0.151 e. The van der Waals surface area contributed by atoms with Gasteiger partial charge in [0.1, 0.15) is 5.58 Å². The minimum atomic E-state index is 0.888. The fourth-order valence-corrected chi connectivity index (χ4v) is 5.39. The van der Waals surface area contributed by atoms with Crippen molar-refractivity contribution in [2.75, 3.05) is 0 Å². The first kappa shape index (κ1) is 17.2. The molecule has 0 aliphatic carbocycles. The summed E-state index contributed by atoms with van der Waals surface area (Å²) >= 11 is 3.78. The van der Waals surface area contributed by atoms with Gasteiger partial charge in [0.25, 0.3) is 0 Å². The van der Waals surface area contributed by atoms with E-state index in [0.717, 1.165) is 32.1 Å². The van der Waals surface area contributed by atoms with Crippen molar-refractivity contribution in [2.24, 2.45) is 0 Å². The minimum Gasteiger partial charge on any atom is -0.455 e. The van der Waals surface area contributed by atoms with E-state index in [1.807, 2.05) is 12.1 Å². The zero-order valence-electron chi connectivity index (χ0n) is 16.5. The monoisotopic (exact) mass is 461 g/mol. The quantitative estimate of drug-likeness (QED) is 0.239. The molecule has 31 heavy (non-hydrogen) atoms. The third kappa shape index (κ3) is 2.32. The zero-order chi connectivity index (χ0) is 20.5. The number of nitrogens with zero attached hydrogens (tertiary/aromatic N) is 1. The standard InChI is InChI=1S/C28H16BrNO/c29-23-16-22-20-9-3-5-11-24(20)30(19-14-13-17-7-1-2-8-18(17)15-19)27(22)26-21-10-4-6-12-25(21)31-28(23)26/h1-16H. The van der Waals surface area contributed by atoms with Gasteiger partial charge in [0.05, 0.1) is 20.9 Å². The smallest absolute Gasteiger partial charge is 0.151 e. The number of para-hydroxylation sites is 2. The predicted octanol–water partition coefficient (Wildman–Crippen LogP) is 8.60. The Balaban J connectivity index is 1.76. The van der Waals surface area contributed by atoms with Crippen LogP contribution in [0.15, 0.2) is 106 Å². The maximum atomic E-state index is 6.29. The highest BCUT2D eigenvalue weighted by molar-refractivity contribution is 9.10. The second kappa shape index (κ2) is 6.22. The molecule has 0 N–H and O–H groups in total. The van der Waals surface area contributed by atoms with Crippen molar-refractivity contribution in [1.82, 2.24) is 4.57 Å². The summed E-state index contributed by atoms with van der Waals surface area (Å²) in [6.07, 6.45) is 0. The average molecular weight is 462 g/mol. The normalized spacial score (nSPS) is 12.0. The van der Waals surface area contributed by atoms with Gasteiger partial charge in [0, 0.05) is 21.8 Å². The van der Waals surface area contributed by atoms with Crippen LogP contribution >= 0.6 is 15.9 Å². The molecule has 0 fully saturated rings. The van der Waals surface area contributed by atoms with E-state index in [0.29, 0.717) is 0 Å². The van der Waals surface area contributed by atoms with Crippen LogP contribution in [-0.2, 0) is 0 Å². The lowest BCUT2D eigenvalue weighted by Crippen LogP contribution is -1.94. The second-order valence-corrected chi connectivity index (χ2v) is 8.80. The van der Waals surface area contributed by atoms with Crippen LogP contribution in [0.2, 0.25) is 0 Å². The molecule has 2 heterocycles. The summed E-state index contributed by atoms with van der Waals surface area (Å²) in [6, 6.07) is 34.3. The molecular formula is C28H16BrNO. The topological polar surface area (TPSA) is 18.1 Å². The predicted molar refractivity (Wildman–Crippen MR) is 133 cm³/mol. The lowest BCUT2D eigenvalue weighted by atomic mass is 10.1. The summed E-state index contributed by atoms with van der Waals surface area (Å²) in [4.78, 5) is 0. The molecule has 0 radical (unpaired) electrons. The first-order valence-corrected chi connectivity index (χ1v) is 11.1. The molecule has 0 saturated heterocycles. The van der Waals surface area contributed by atoms with Gasteiger partial charge in [-0.2, -0.15) is 0 Å². The Hall–Kier alpha value is -3.56. The molecule has 0 aliphatic rings. The van der Waals surface area contributed by atoms with Crippen molar-refractivity contribution >= 4 is 70.4 Å². The molecule has 7 aromatic rings. The van der Waals surface area contributed by atoms with Crippen molar-refractivity contribution in [3.05, 3.63) is 102 Å². The fraction of sp³-hybridized carbons (Fsp3) is 0. The Kier molecular flexibility index (Phi) is 3.44. The molecule has 2 nitrogen and oxygen atoms in total. The molecule has 0 aliphatic heterocycles. The van der Waals surface area contributed by atoms with E-state index in [9.17, 15) is 0 Å². The highest BCUT2D eigenvalue weighted by Gasteiger charge is 2.20. The van der Waals surface area contributed by atoms with Gasteiger partial charge < -0.3 is 8.98 Å². The second-order valence-electron chi connectivity index (χ2n) is 7.94. The molecule has 0 unspecified atom stereocenters. The van der Waals surface area contributed by atoms with E-state index in [1.165, 1.54) is 32.6 Å². The molecule has 0 atom stereocenters. The lowest BCUT2D eigenvalue weighted by molar-refractivity contribution is 0.667. The van der Waals surface area contributed by atoms with Gasteiger partial charge in [-0.3, -0.25) is 0 Å². The highest BCUT2D eigenvalue weighted by Crippen LogP contribution is 2.43. The third-order valence-corrected chi connectivity index (χ3v) is 6.81. The summed E-state index contributed by atoms with van der Waals surface area (Å²) in [5.41, 5.74) is 5.32.